The van der Waals surface area contributed by atoms with Gasteiger partial charge >= 0.3 is 0 Å². The number of nitrogens with one attached hydrogen (secondary N) is 1. The molecule has 5 nitrogen and oxygen atoms in total. The third-order valence-corrected chi connectivity index (χ3v) is 3.56. The molecular formula is C13H19N5S. The molecule has 1 aromatic heterocycles. The van der Waals surface area contributed by atoms with Crippen LogP contribution in [0.4, 0.5) is 0 Å². The fraction of sp³-hybridized carbons (Fsp3) is 0.462. The van der Waals surface area contributed by atoms with Gasteiger partial charge in [-0.25, -0.2) is 5.01 Å². The average Bonchev–Trinajstić information content (AvgIpc) is 2.93. The molecule has 0 radical (unpaired) electrons. The average molecular weight is 277 g/mol. The molecule has 1 unspecified atom stereocenters. The molecule has 0 fully saturated rings. The summed E-state index contributed by atoms with van der Waals surface area (Å²) in [5.74, 6) is 1.33. The Kier molecular flexibility index (Phi) is 5.20. The number of nitrogens with zero attached hydrogens (tertiary/aromatic N) is 4. The SMILES string of the molecule is CCN=C(NSc1cccnc1)N1CC(CC)C=N1. The first kappa shape index (κ1) is 13.9. The van der Waals surface area contributed by atoms with Gasteiger partial charge in [0.25, 0.3) is 0 Å². The lowest BCUT2D eigenvalue weighted by Gasteiger charge is -2.18. The minimum atomic E-state index is 0.521. The highest BCUT2D eigenvalue weighted by atomic mass is 32.2. The van der Waals surface area contributed by atoms with Gasteiger partial charge in [-0.15, -0.1) is 0 Å². The summed E-state index contributed by atoms with van der Waals surface area (Å²) in [5, 5.41) is 6.34. The fourth-order valence-corrected chi connectivity index (χ4v) is 2.33. The molecule has 1 N–H and O–H groups in total. The molecule has 0 amide bonds. The standard InChI is InChI=1S/C13H19N5S/c1-3-11-8-16-18(10-11)13(15-4-2)17-19-12-6-5-7-14-9-12/h5-9,11H,3-4,10H2,1-2H3,(H,15,17). The largest absolute Gasteiger partial charge is 0.295 e. The second-order valence-corrected chi connectivity index (χ2v) is 5.09. The van der Waals surface area contributed by atoms with Gasteiger partial charge < -0.3 is 0 Å². The van der Waals surface area contributed by atoms with Crippen LogP contribution >= 0.6 is 11.9 Å². The first-order chi connectivity index (χ1) is 9.33. The molecular weight excluding hydrogens is 258 g/mol. The summed E-state index contributed by atoms with van der Waals surface area (Å²) in [4.78, 5) is 9.61. The number of hydrogen-bond acceptors (Lipinski definition) is 4. The summed E-state index contributed by atoms with van der Waals surface area (Å²) in [7, 11) is 0. The fourth-order valence-electron chi connectivity index (χ4n) is 1.70. The van der Waals surface area contributed by atoms with Crippen LogP contribution in [-0.4, -0.2) is 35.3 Å². The third kappa shape index (κ3) is 3.96. The Bertz CT molecular complexity index is 446. The lowest BCUT2D eigenvalue weighted by atomic mass is 10.1. The van der Waals surface area contributed by atoms with Crippen LogP contribution in [0.2, 0.25) is 0 Å². The van der Waals surface area contributed by atoms with Crippen molar-refractivity contribution in [3.8, 4) is 0 Å². The van der Waals surface area contributed by atoms with Crippen molar-refractivity contribution >= 4 is 24.1 Å². The minimum Gasteiger partial charge on any atom is -0.295 e. The van der Waals surface area contributed by atoms with Crippen molar-refractivity contribution in [1.29, 1.82) is 0 Å². The summed E-state index contributed by atoms with van der Waals surface area (Å²) in [6.45, 7) is 5.83. The molecule has 19 heavy (non-hydrogen) atoms. The van der Waals surface area contributed by atoms with Gasteiger partial charge in [-0.3, -0.25) is 14.7 Å². The van der Waals surface area contributed by atoms with Crippen LogP contribution in [0, 0.1) is 5.92 Å². The van der Waals surface area contributed by atoms with Gasteiger partial charge in [-0.1, -0.05) is 6.92 Å². The van der Waals surface area contributed by atoms with Gasteiger partial charge in [0.2, 0.25) is 5.96 Å². The van der Waals surface area contributed by atoms with E-state index in [0.717, 1.165) is 30.4 Å². The molecule has 1 atom stereocenters. The van der Waals surface area contributed by atoms with Crippen LogP contribution in [0.3, 0.4) is 0 Å². The minimum absolute atomic E-state index is 0.521. The molecule has 102 valence electrons. The van der Waals surface area contributed by atoms with Crippen LogP contribution in [-0.2, 0) is 0 Å². The van der Waals surface area contributed by atoms with Gasteiger partial charge in [0.1, 0.15) is 0 Å². The van der Waals surface area contributed by atoms with E-state index in [4.69, 9.17) is 0 Å². The Labute approximate surface area is 118 Å². The maximum atomic E-state index is 4.47. The van der Waals surface area contributed by atoms with Gasteiger partial charge in [-0.05, 0) is 37.4 Å². The number of hydrogen-bond donors (Lipinski definition) is 1. The van der Waals surface area contributed by atoms with Crippen LogP contribution < -0.4 is 4.72 Å². The number of hydrazone groups is 1. The first-order valence-electron chi connectivity index (χ1n) is 6.52. The number of guanidine groups is 1. The molecule has 2 rings (SSSR count). The Morgan fingerprint density at radius 2 is 2.47 bits per heavy atom. The highest BCUT2D eigenvalue weighted by molar-refractivity contribution is 7.98. The number of aliphatic imine (C=N–C) groups is 1. The summed E-state index contributed by atoms with van der Waals surface area (Å²) in [6, 6.07) is 3.93. The molecule has 0 saturated carbocycles. The molecule has 0 aliphatic carbocycles. The van der Waals surface area contributed by atoms with Crippen LogP contribution in [0.5, 0.6) is 0 Å². The van der Waals surface area contributed by atoms with E-state index in [-0.39, 0.29) is 0 Å². The van der Waals surface area contributed by atoms with E-state index in [2.05, 4.69) is 26.7 Å². The van der Waals surface area contributed by atoms with Crippen LogP contribution in [0.25, 0.3) is 0 Å². The lowest BCUT2D eigenvalue weighted by molar-refractivity contribution is 0.431. The highest BCUT2D eigenvalue weighted by Gasteiger charge is 2.20. The molecule has 0 spiro atoms. The Balaban J connectivity index is 1.94. The van der Waals surface area contributed by atoms with Gasteiger partial charge in [0.15, 0.2) is 0 Å². The van der Waals surface area contributed by atoms with Crippen molar-refractivity contribution < 1.29 is 0 Å². The summed E-state index contributed by atoms with van der Waals surface area (Å²) >= 11 is 1.51. The van der Waals surface area contributed by atoms with E-state index in [1.807, 2.05) is 36.5 Å². The van der Waals surface area contributed by atoms with E-state index < -0.39 is 0 Å². The summed E-state index contributed by atoms with van der Waals surface area (Å²) in [5.41, 5.74) is 0. The Hall–Kier alpha value is -1.56. The second-order valence-electron chi connectivity index (χ2n) is 4.21. The maximum Gasteiger partial charge on any atom is 0.225 e. The second kappa shape index (κ2) is 7.13. The van der Waals surface area contributed by atoms with Gasteiger partial charge in [0, 0.05) is 36.0 Å². The zero-order valence-corrected chi connectivity index (χ0v) is 12.1. The Morgan fingerprint density at radius 1 is 1.58 bits per heavy atom. The van der Waals surface area contributed by atoms with E-state index >= 15 is 0 Å². The molecule has 1 aliphatic heterocycles. The Morgan fingerprint density at radius 3 is 3.11 bits per heavy atom. The van der Waals surface area contributed by atoms with Gasteiger partial charge in [-0.2, -0.15) is 5.10 Å². The number of pyridine rings is 1. The predicted octanol–water partition coefficient (Wildman–Crippen LogP) is 2.38. The predicted molar refractivity (Wildman–Crippen MR) is 80.2 cm³/mol. The number of aromatic nitrogens is 1. The number of rotatable bonds is 4. The smallest absolute Gasteiger partial charge is 0.225 e. The van der Waals surface area contributed by atoms with Crippen LogP contribution in [0.15, 0.2) is 39.5 Å². The van der Waals surface area contributed by atoms with E-state index in [0.29, 0.717) is 5.92 Å². The summed E-state index contributed by atoms with van der Waals surface area (Å²) in [6.07, 6.45) is 6.70. The monoisotopic (exact) mass is 277 g/mol. The molecule has 0 aromatic carbocycles. The molecule has 6 heteroatoms. The topological polar surface area (TPSA) is 52.9 Å². The maximum absolute atomic E-state index is 4.47. The van der Waals surface area contributed by atoms with Crippen molar-refractivity contribution in [2.24, 2.45) is 16.0 Å². The molecule has 0 saturated heterocycles. The first-order valence-corrected chi connectivity index (χ1v) is 7.34. The van der Waals surface area contributed by atoms with E-state index in [1.54, 1.807) is 6.20 Å². The van der Waals surface area contributed by atoms with Gasteiger partial charge in [0.05, 0.1) is 6.54 Å². The van der Waals surface area contributed by atoms with Crippen molar-refractivity contribution in [1.82, 2.24) is 14.7 Å². The van der Waals surface area contributed by atoms with Crippen LogP contribution in [0.1, 0.15) is 20.3 Å². The molecule has 0 bridgehead atoms. The van der Waals surface area contributed by atoms with Crippen molar-refractivity contribution in [2.45, 2.75) is 25.2 Å². The van der Waals surface area contributed by atoms with Crippen molar-refractivity contribution in [2.75, 3.05) is 13.1 Å². The van der Waals surface area contributed by atoms with E-state index in [9.17, 15) is 0 Å². The molecule has 2 heterocycles. The third-order valence-electron chi connectivity index (χ3n) is 2.80. The zero-order valence-electron chi connectivity index (χ0n) is 11.3. The van der Waals surface area contributed by atoms with E-state index in [1.165, 1.54) is 11.9 Å². The van der Waals surface area contributed by atoms with Crippen molar-refractivity contribution in [3.05, 3.63) is 24.5 Å². The molecule has 1 aliphatic rings. The quantitative estimate of drug-likeness (QED) is 0.521. The summed E-state index contributed by atoms with van der Waals surface area (Å²) < 4.78 is 3.26. The highest BCUT2D eigenvalue weighted by Crippen LogP contribution is 2.15. The van der Waals surface area contributed by atoms with Crippen molar-refractivity contribution in [3.63, 3.8) is 0 Å². The zero-order chi connectivity index (χ0) is 13.5. The lowest BCUT2D eigenvalue weighted by Crippen LogP contribution is -2.34. The normalized spacial score (nSPS) is 18.9. The molecule has 1 aromatic rings.